The Hall–Kier alpha value is -1.73. The van der Waals surface area contributed by atoms with E-state index in [0.29, 0.717) is 0 Å². The molecule has 1 nitrogen and oxygen atoms in total. The Morgan fingerprint density at radius 3 is 2.42 bits per heavy atom. The lowest BCUT2D eigenvalue weighted by Crippen LogP contribution is -1.86. The summed E-state index contributed by atoms with van der Waals surface area (Å²) in [5.41, 5.74) is 1.87. The summed E-state index contributed by atoms with van der Waals surface area (Å²) in [6, 6.07) is 7.45. The molecule has 0 aliphatic heterocycles. The van der Waals surface area contributed by atoms with Crippen LogP contribution in [0.5, 0.6) is 0 Å². The number of nitrogens with zero attached hydrogens (tertiary/aromatic N) is 1. The standard InChI is InChI=1S/C11H9N/c1-4-10-5-7-11(8-6-10)9(2)12-3/h1,5-9H,2H3. The van der Waals surface area contributed by atoms with Gasteiger partial charge in [0, 0.05) is 18.1 Å². The molecule has 1 aromatic carbocycles. The van der Waals surface area contributed by atoms with E-state index in [0.717, 1.165) is 11.1 Å². The molecule has 0 fully saturated rings. The van der Waals surface area contributed by atoms with E-state index in [1.807, 2.05) is 31.2 Å². The van der Waals surface area contributed by atoms with E-state index in [2.05, 4.69) is 10.8 Å². The largest absolute Gasteiger partial charge is 0.309 e. The molecule has 0 spiro atoms. The zero-order valence-electron chi connectivity index (χ0n) is 6.91. The van der Waals surface area contributed by atoms with Gasteiger partial charge in [0.2, 0.25) is 6.04 Å². The van der Waals surface area contributed by atoms with Gasteiger partial charge in [-0.25, -0.2) is 6.57 Å². The molecule has 1 rings (SSSR count). The fourth-order valence-electron chi connectivity index (χ4n) is 0.932. The number of rotatable bonds is 1. The topological polar surface area (TPSA) is 4.36 Å². The third-order valence-corrected chi connectivity index (χ3v) is 1.75. The van der Waals surface area contributed by atoms with Gasteiger partial charge in [-0.15, -0.1) is 6.42 Å². The summed E-state index contributed by atoms with van der Waals surface area (Å²) in [6.07, 6.45) is 5.20. The first kappa shape index (κ1) is 8.37. The second kappa shape index (κ2) is 3.60. The third-order valence-electron chi connectivity index (χ3n) is 1.75. The lowest BCUT2D eigenvalue weighted by Gasteiger charge is -1.98. The molecule has 0 aromatic heterocycles. The molecule has 0 aliphatic carbocycles. The molecule has 58 valence electrons. The van der Waals surface area contributed by atoms with Crippen molar-refractivity contribution < 1.29 is 0 Å². The van der Waals surface area contributed by atoms with Crippen molar-refractivity contribution in [3.8, 4) is 12.3 Å². The molecule has 0 N–H and O–H groups in total. The molecule has 1 unspecified atom stereocenters. The Morgan fingerprint density at radius 2 is 2.00 bits per heavy atom. The lowest BCUT2D eigenvalue weighted by molar-refractivity contribution is 0.961. The highest BCUT2D eigenvalue weighted by Gasteiger charge is 2.06. The second-order valence-electron chi connectivity index (χ2n) is 2.57. The zero-order chi connectivity index (χ0) is 8.97. The highest BCUT2D eigenvalue weighted by Crippen LogP contribution is 2.16. The number of hydrogen-bond donors (Lipinski definition) is 0. The molecule has 1 heteroatoms. The highest BCUT2D eigenvalue weighted by molar-refractivity contribution is 5.35. The average Bonchev–Trinajstić information content (AvgIpc) is 2.17. The minimum atomic E-state index is -0.0724. The maximum Gasteiger partial charge on any atom is 0.245 e. The van der Waals surface area contributed by atoms with E-state index in [-0.39, 0.29) is 6.04 Å². The molecule has 0 saturated heterocycles. The van der Waals surface area contributed by atoms with Crippen molar-refractivity contribution >= 4 is 0 Å². The fourth-order valence-corrected chi connectivity index (χ4v) is 0.932. The monoisotopic (exact) mass is 155 g/mol. The van der Waals surface area contributed by atoms with Gasteiger partial charge in [0.05, 0.1) is 0 Å². The van der Waals surface area contributed by atoms with E-state index >= 15 is 0 Å². The zero-order valence-corrected chi connectivity index (χ0v) is 6.91. The molecule has 0 bridgehead atoms. The van der Waals surface area contributed by atoms with Crippen molar-refractivity contribution in [2.24, 2.45) is 0 Å². The van der Waals surface area contributed by atoms with Crippen LogP contribution in [0.4, 0.5) is 0 Å². The summed E-state index contributed by atoms with van der Waals surface area (Å²) < 4.78 is 0. The van der Waals surface area contributed by atoms with Crippen LogP contribution in [0.3, 0.4) is 0 Å². The molecule has 1 atom stereocenters. The number of benzene rings is 1. The third kappa shape index (κ3) is 1.65. The molecular formula is C11H9N. The first-order valence-corrected chi connectivity index (χ1v) is 3.71. The molecule has 0 amide bonds. The van der Waals surface area contributed by atoms with Crippen LogP contribution in [-0.4, -0.2) is 0 Å². The van der Waals surface area contributed by atoms with Gasteiger partial charge in [-0.3, -0.25) is 0 Å². The van der Waals surface area contributed by atoms with Gasteiger partial charge in [-0.2, -0.15) is 0 Å². The SMILES string of the molecule is [C-]#[N+]C(C)c1ccc(C#C)cc1. The van der Waals surface area contributed by atoms with Gasteiger partial charge in [0.15, 0.2) is 0 Å². The smallest absolute Gasteiger partial charge is 0.245 e. The average molecular weight is 155 g/mol. The Balaban J connectivity index is 2.96. The van der Waals surface area contributed by atoms with E-state index in [1.54, 1.807) is 0 Å². The van der Waals surface area contributed by atoms with Crippen molar-refractivity contribution in [1.29, 1.82) is 0 Å². The maximum absolute atomic E-state index is 6.83. The van der Waals surface area contributed by atoms with Gasteiger partial charge in [0.25, 0.3) is 0 Å². The van der Waals surface area contributed by atoms with E-state index in [9.17, 15) is 0 Å². The normalized spacial score (nSPS) is 11.2. The molecule has 0 aliphatic rings. The molecule has 0 radical (unpaired) electrons. The Labute approximate surface area is 72.9 Å². The summed E-state index contributed by atoms with van der Waals surface area (Å²) in [7, 11) is 0. The van der Waals surface area contributed by atoms with Crippen molar-refractivity contribution in [2.45, 2.75) is 13.0 Å². The first-order valence-electron chi connectivity index (χ1n) is 3.71. The lowest BCUT2D eigenvalue weighted by atomic mass is 10.1. The fraction of sp³-hybridized carbons (Fsp3) is 0.182. The Morgan fingerprint density at radius 1 is 1.42 bits per heavy atom. The summed E-state index contributed by atoms with van der Waals surface area (Å²) in [4.78, 5) is 3.41. The van der Waals surface area contributed by atoms with Crippen molar-refractivity contribution in [3.63, 3.8) is 0 Å². The van der Waals surface area contributed by atoms with Crippen LogP contribution >= 0.6 is 0 Å². The van der Waals surface area contributed by atoms with Crippen LogP contribution in [0.25, 0.3) is 4.85 Å². The Bertz CT molecular complexity index is 335. The van der Waals surface area contributed by atoms with Gasteiger partial charge < -0.3 is 4.85 Å². The first-order chi connectivity index (χ1) is 5.77. The van der Waals surface area contributed by atoms with Crippen LogP contribution in [0.2, 0.25) is 0 Å². The van der Waals surface area contributed by atoms with Gasteiger partial charge in [-0.1, -0.05) is 18.1 Å². The molecular weight excluding hydrogens is 146 g/mol. The summed E-state index contributed by atoms with van der Waals surface area (Å²) >= 11 is 0. The van der Waals surface area contributed by atoms with Gasteiger partial charge in [0.1, 0.15) is 0 Å². The summed E-state index contributed by atoms with van der Waals surface area (Å²) in [6.45, 7) is 8.70. The minimum absolute atomic E-state index is 0.0724. The summed E-state index contributed by atoms with van der Waals surface area (Å²) in [5, 5.41) is 0. The van der Waals surface area contributed by atoms with E-state index in [4.69, 9.17) is 13.0 Å². The van der Waals surface area contributed by atoms with Gasteiger partial charge in [-0.05, 0) is 12.1 Å². The van der Waals surface area contributed by atoms with Crippen molar-refractivity contribution in [3.05, 3.63) is 46.8 Å². The van der Waals surface area contributed by atoms with E-state index < -0.39 is 0 Å². The highest BCUT2D eigenvalue weighted by atomic mass is 14.7. The van der Waals surface area contributed by atoms with Crippen LogP contribution in [0.1, 0.15) is 24.1 Å². The quantitative estimate of drug-likeness (QED) is 0.434. The summed E-state index contributed by atoms with van der Waals surface area (Å²) in [5.74, 6) is 2.53. The van der Waals surface area contributed by atoms with Gasteiger partial charge >= 0.3 is 0 Å². The molecule has 0 heterocycles. The van der Waals surface area contributed by atoms with Crippen molar-refractivity contribution in [1.82, 2.24) is 0 Å². The Kier molecular flexibility index (Phi) is 2.51. The van der Waals surface area contributed by atoms with Crippen LogP contribution < -0.4 is 0 Å². The van der Waals surface area contributed by atoms with Crippen molar-refractivity contribution in [2.75, 3.05) is 0 Å². The second-order valence-corrected chi connectivity index (χ2v) is 2.57. The molecule has 1 aromatic rings. The van der Waals surface area contributed by atoms with Crippen LogP contribution in [0, 0.1) is 18.9 Å². The number of hydrogen-bond acceptors (Lipinski definition) is 0. The minimum Gasteiger partial charge on any atom is -0.309 e. The van der Waals surface area contributed by atoms with Crippen LogP contribution in [0.15, 0.2) is 24.3 Å². The maximum atomic E-state index is 6.83. The number of terminal acetylenes is 1. The predicted octanol–water partition coefficient (Wildman–Crippen LogP) is 2.65. The van der Waals surface area contributed by atoms with Crippen LogP contribution in [-0.2, 0) is 0 Å². The molecule has 12 heavy (non-hydrogen) atoms. The van der Waals surface area contributed by atoms with E-state index in [1.165, 1.54) is 0 Å². The molecule has 0 saturated carbocycles. The predicted molar refractivity (Wildman–Crippen MR) is 49.4 cm³/mol.